The summed E-state index contributed by atoms with van der Waals surface area (Å²) in [5, 5.41) is 7.20. The second-order valence-corrected chi connectivity index (χ2v) is 12.0. The van der Waals surface area contributed by atoms with Gasteiger partial charge in [-0.3, -0.25) is 19.1 Å². The molecular weight excluding hydrogens is 684 g/mol. The van der Waals surface area contributed by atoms with Gasteiger partial charge in [-0.2, -0.15) is 4.98 Å². The molecule has 1 saturated heterocycles. The minimum atomic E-state index is -1.08. The Hall–Kier alpha value is -5.37. The number of benzene rings is 3. The number of H-pyrrole nitrogens is 1. The number of imidazole rings is 1. The van der Waals surface area contributed by atoms with Gasteiger partial charge < -0.3 is 24.3 Å². The molecule has 0 unspecified atom stereocenters. The molecule has 0 radical (unpaired) electrons. The SMILES string of the molecule is COc1ccc(C(Nc2nc3c(ncn3[C@@H]3O[C@H](CN=[N+]=[N-])[C@H](Br)[C@H]3OC(C)=O)c(=O)[nH]2)(c2ccccc2)c2ccc(OC)cc2)cc1. The second kappa shape index (κ2) is 13.8. The summed E-state index contributed by atoms with van der Waals surface area (Å²) in [6.07, 6.45) is -1.02. The Bertz CT molecular complexity index is 1970. The number of carbonyl (C=O) groups excluding carboxylic acids is 1. The Labute approximate surface area is 282 Å². The van der Waals surface area contributed by atoms with Gasteiger partial charge in [0.1, 0.15) is 17.0 Å². The van der Waals surface area contributed by atoms with E-state index in [9.17, 15) is 9.59 Å². The zero-order valence-electron chi connectivity index (χ0n) is 26.1. The van der Waals surface area contributed by atoms with Crippen LogP contribution >= 0.6 is 15.9 Å². The summed E-state index contributed by atoms with van der Waals surface area (Å²) in [5.74, 6) is 0.949. The highest BCUT2D eigenvalue weighted by molar-refractivity contribution is 9.09. The van der Waals surface area contributed by atoms with Crippen LogP contribution in [-0.2, 0) is 19.8 Å². The molecule has 5 aromatic rings. The van der Waals surface area contributed by atoms with Crippen molar-refractivity contribution in [2.45, 2.75) is 35.7 Å². The Morgan fingerprint density at radius 2 is 1.65 bits per heavy atom. The fourth-order valence-corrected chi connectivity index (χ4v) is 6.60. The van der Waals surface area contributed by atoms with Crippen LogP contribution in [0.15, 0.2) is 95.1 Å². The van der Waals surface area contributed by atoms with E-state index in [2.05, 4.69) is 41.2 Å². The number of methoxy groups -OCH3 is 2. The molecule has 246 valence electrons. The number of hydrogen-bond acceptors (Lipinski definition) is 10. The van der Waals surface area contributed by atoms with Crippen molar-refractivity contribution in [1.29, 1.82) is 0 Å². The third-order valence-corrected chi connectivity index (χ3v) is 9.27. The normalized spacial score (nSPS) is 19.0. The number of fused-ring (bicyclic) bond motifs is 1. The fraction of sp³-hybridized carbons (Fsp3) is 0.273. The number of rotatable bonds is 11. The van der Waals surface area contributed by atoms with Crippen LogP contribution in [0, 0.1) is 0 Å². The molecule has 3 heterocycles. The third kappa shape index (κ3) is 6.06. The molecule has 1 aliphatic rings. The number of carbonyl (C=O) groups is 1. The molecule has 3 aromatic carbocycles. The van der Waals surface area contributed by atoms with Gasteiger partial charge >= 0.3 is 5.97 Å². The quantitative estimate of drug-likeness (QED) is 0.0450. The van der Waals surface area contributed by atoms with Crippen molar-refractivity contribution in [3.05, 3.63) is 123 Å². The average molecular weight is 716 g/mol. The number of aromatic amines is 1. The van der Waals surface area contributed by atoms with Crippen molar-refractivity contribution in [1.82, 2.24) is 19.5 Å². The van der Waals surface area contributed by atoms with Crippen molar-refractivity contribution in [3.8, 4) is 11.5 Å². The minimum absolute atomic E-state index is 0.0164. The molecule has 0 aliphatic carbocycles. The van der Waals surface area contributed by atoms with Crippen LogP contribution in [0.1, 0.15) is 29.8 Å². The van der Waals surface area contributed by atoms with Gasteiger partial charge in [0.15, 0.2) is 23.5 Å². The van der Waals surface area contributed by atoms with Gasteiger partial charge in [-0.25, -0.2) is 4.98 Å². The van der Waals surface area contributed by atoms with Gasteiger partial charge in [0.05, 0.1) is 38.0 Å². The summed E-state index contributed by atoms with van der Waals surface area (Å²) in [4.78, 5) is 40.0. The van der Waals surface area contributed by atoms with Crippen LogP contribution in [0.4, 0.5) is 5.95 Å². The van der Waals surface area contributed by atoms with Crippen molar-refractivity contribution < 1.29 is 23.7 Å². The Balaban J connectivity index is 1.53. The summed E-state index contributed by atoms with van der Waals surface area (Å²) < 4.78 is 24.3. The van der Waals surface area contributed by atoms with Crippen molar-refractivity contribution in [2.24, 2.45) is 5.11 Å². The van der Waals surface area contributed by atoms with E-state index in [1.165, 1.54) is 13.3 Å². The maximum atomic E-state index is 13.6. The van der Waals surface area contributed by atoms with E-state index in [1.54, 1.807) is 18.8 Å². The monoisotopic (exact) mass is 714 g/mol. The molecule has 2 aromatic heterocycles. The smallest absolute Gasteiger partial charge is 0.303 e. The van der Waals surface area contributed by atoms with Crippen LogP contribution in [-0.4, -0.2) is 63.3 Å². The van der Waals surface area contributed by atoms with Crippen LogP contribution in [0.25, 0.3) is 21.6 Å². The van der Waals surface area contributed by atoms with E-state index in [4.69, 9.17) is 29.5 Å². The molecule has 2 N–H and O–H groups in total. The molecule has 0 spiro atoms. The fourth-order valence-electron chi connectivity index (χ4n) is 5.94. The lowest BCUT2D eigenvalue weighted by atomic mass is 9.77. The number of nitrogens with one attached hydrogen (secondary N) is 2. The van der Waals surface area contributed by atoms with E-state index in [-0.39, 0.29) is 23.7 Å². The molecule has 6 rings (SSSR count). The van der Waals surface area contributed by atoms with Gasteiger partial charge in [-0.15, -0.1) is 0 Å². The van der Waals surface area contributed by atoms with Crippen molar-refractivity contribution >= 4 is 39.0 Å². The highest BCUT2D eigenvalue weighted by atomic mass is 79.9. The zero-order chi connectivity index (χ0) is 33.8. The first-order valence-corrected chi connectivity index (χ1v) is 15.8. The number of aromatic nitrogens is 4. The number of alkyl halides is 1. The van der Waals surface area contributed by atoms with Crippen LogP contribution in [0.3, 0.4) is 0 Å². The van der Waals surface area contributed by atoms with Crippen molar-refractivity contribution in [3.63, 3.8) is 0 Å². The van der Waals surface area contributed by atoms with Gasteiger partial charge in [0.25, 0.3) is 5.56 Å². The highest BCUT2D eigenvalue weighted by Gasteiger charge is 2.47. The molecule has 4 atom stereocenters. The maximum Gasteiger partial charge on any atom is 0.303 e. The lowest BCUT2D eigenvalue weighted by molar-refractivity contribution is -0.151. The van der Waals surface area contributed by atoms with Gasteiger partial charge in [0, 0.05) is 11.8 Å². The first-order valence-electron chi connectivity index (χ1n) is 14.9. The van der Waals surface area contributed by atoms with E-state index in [0.717, 1.165) is 16.7 Å². The average Bonchev–Trinajstić information content (AvgIpc) is 3.67. The Morgan fingerprint density at radius 3 is 2.21 bits per heavy atom. The Kier molecular flexibility index (Phi) is 9.35. The Morgan fingerprint density at radius 1 is 1.04 bits per heavy atom. The topological polar surface area (TPSA) is 178 Å². The predicted octanol–water partition coefficient (Wildman–Crippen LogP) is 5.44. The summed E-state index contributed by atoms with van der Waals surface area (Å²) in [6, 6.07) is 25.0. The molecule has 48 heavy (non-hydrogen) atoms. The number of anilines is 1. The number of hydrogen-bond donors (Lipinski definition) is 2. The minimum Gasteiger partial charge on any atom is -0.497 e. The molecule has 1 fully saturated rings. The van der Waals surface area contributed by atoms with Crippen molar-refractivity contribution in [2.75, 3.05) is 26.1 Å². The zero-order valence-corrected chi connectivity index (χ0v) is 27.7. The number of azide groups is 1. The second-order valence-electron chi connectivity index (χ2n) is 10.9. The van der Waals surface area contributed by atoms with Crippen LogP contribution in [0.2, 0.25) is 0 Å². The number of halogens is 1. The highest BCUT2D eigenvalue weighted by Crippen LogP contribution is 2.41. The number of esters is 1. The summed E-state index contributed by atoms with van der Waals surface area (Å²) in [5.41, 5.74) is 10.0. The molecule has 14 nitrogen and oxygen atoms in total. The van der Waals surface area contributed by atoms with E-state index >= 15 is 0 Å². The standard InChI is InChI=1S/C33H31BrN8O6/c1-19(43)47-28-26(34)25(17-37-41-35)48-31(28)42-18-36-27-29(42)38-32(39-30(27)44)40-33(20-7-5-4-6-8-20,21-9-13-23(45-2)14-10-21)22-11-15-24(46-3)16-12-22/h4-16,18,25-26,28,31H,17H2,1-3H3,(H2,38,39,40,44)/t25-,26+,28-,31-/m1/s1. The number of nitrogens with zero attached hydrogens (tertiary/aromatic N) is 6. The lowest BCUT2D eigenvalue weighted by Crippen LogP contribution is -2.39. The molecule has 0 bridgehead atoms. The van der Waals surface area contributed by atoms with Gasteiger partial charge in [0.2, 0.25) is 5.95 Å². The maximum absolute atomic E-state index is 13.6. The van der Waals surface area contributed by atoms with Gasteiger partial charge in [-0.05, 0) is 46.5 Å². The summed E-state index contributed by atoms with van der Waals surface area (Å²) >= 11 is 3.55. The molecule has 0 amide bonds. The molecule has 1 aliphatic heterocycles. The predicted molar refractivity (Wildman–Crippen MR) is 180 cm³/mol. The van der Waals surface area contributed by atoms with E-state index in [1.807, 2.05) is 78.9 Å². The molecule has 0 saturated carbocycles. The summed E-state index contributed by atoms with van der Waals surface area (Å²) in [6.45, 7) is 1.27. The first kappa shape index (κ1) is 32.6. The van der Waals surface area contributed by atoms with Gasteiger partial charge in [-0.1, -0.05) is 75.6 Å². The molecule has 15 heteroatoms. The third-order valence-electron chi connectivity index (χ3n) is 8.16. The number of ether oxygens (including phenoxy) is 4. The van der Waals surface area contributed by atoms with E-state index in [0.29, 0.717) is 11.5 Å². The lowest BCUT2D eigenvalue weighted by Gasteiger charge is -2.37. The first-order chi connectivity index (χ1) is 23.3. The summed E-state index contributed by atoms with van der Waals surface area (Å²) in [7, 11) is 3.20. The van der Waals surface area contributed by atoms with Crippen LogP contribution in [0.5, 0.6) is 11.5 Å². The largest absolute Gasteiger partial charge is 0.497 e. The molecular formula is C33H31BrN8O6. The van der Waals surface area contributed by atoms with E-state index < -0.39 is 40.3 Å². The van der Waals surface area contributed by atoms with Crippen LogP contribution < -0.4 is 20.3 Å².